The number of primary amides is 1. The Morgan fingerprint density at radius 1 is 1.19 bits per heavy atom. The molecule has 1 aromatic heterocycles. The number of aromatic nitrogens is 2. The van der Waals surface area contributed by atoms with Crippen molar-refractivity contribution in [2.24, 2.45) is 5.73 Å². The second-order valence-corrected chi connectivity index (χ2v) is 6.02. The third-order valence-electron chi connectivity index (χ3n) is 3.90. The Labute approximate surface area is 151 Å². The number of benzene rings is 1. The summed E-state index contributed by atoms with van der Waals surface area (Å²) in [5.41, 5.74) is 6.91. The number of hydrogen-bond acceptors (Lipinski definition) is 4. The fourth-order valence-corrected chi connectivity index (χ4v) is 2.38. The van der Waals surface area contributed by atoms with E-state index in [1.54, 1.807) is 6.20 Å². The van der Waals surface area contributed by atoms with Crippen molar-refractivity contribution in [1.82, 2.24) is 20.6 Å². The lowest BCUT2D eigenvalue weighted by Gasteiger charge is -2.20. The number of aryl methyl sites for hydroxylation is 1. The minimum atomic E-state index is -0.833. The fraction of sp³-hybridized carbons (Fsp3) is 0.333. The molecule has 0 bridgehead atoms. The lowest BCUT2D eigenvalue weighted by molar-refractivity contribution is -0.131. The Morgan fingerprint density at radius 3 is 2.54 bits per heavy atom. The van der Waals surface area contributed by atoms with Crippen LogP contribution in [0.5, 0.6) is 0 Å². The van der Waals surface area contributed by atoms with Crippen LogP contribution in [-0.2, 0) is 27.2 Å². The summed E-state index contributed by atoms with van der Waals surface area (Å²) in [4.78, 5) is 42.7. The molecule has 1 heterocycles. The minimum Gasteiger partial charge on any atom is -0.368 e. The van der Waals surface area contributed by atoms with Crippen LogP contribution in [0.3, 0.4) is 0 Å². The van der Waals surface area contributed by atoms with Crippen molar-refractivity contribution in [1.29, 1.82) is 0 Å². The second kappa shape index (κ2) is 9.36. The lowest BCUT2D eigenvalue weighted by Crippen LogP contribution is -2.52. The summed E-state index contributed by atoms with van der Waals surface area (Å²) in [6, 6.07) is 7.95. The molecule has 0 aliphatic rings. The highest BCUT2D eigenvalue weighted by Gasteiger charge is 2.24. The topological polar surface area (TPSA) is 130 Å². The molecule has 8 nitrogen and oxygen atoms in total. The maximum atomic E-state index is 12.4. The molecule has 5 N–H and O–H groups in total. The van der Waals surface area contributed by atoms with Crippen molar-refractivity contribution in [2.75, 3.05) is 0 Å². The van der Waals surface area contributed by atoms with E-state index in [1.165, 1.54) is 13.3 Å². The average Bonchev–Trinajstić information content (AvgIpc) is 3.13. The summed E-state index contributed by atoms with van der Waals surface area (Å²) in [7, 11) is 0. The predicted octanol–water partition coefficient (Wildman–Crippen LogP) is 0.0598. The molecule has 138 valence electrons. The lowest BCUT2D eigenvalue weighted by atomic mass is 10.1. The molecule has 0 saturated heterocycles. The van der Waals surface area contributed by atoms with Crippen molar-refractivity contribution >= 4 is 17.7 Å². The third kappa shape index (κ3) is 6.04. The van der Waals surface area contributed by atoms with E-state index in [9.17, 15) is 14.4 Å². The number of carbonyl (C=O) groups is 3. The molecule has 0 aliphatic heterocycles. The van der Waals surface area contributed by atoms with Gasteiger partial charge < -0.3 is 21.4 Å². The largest absolute Gasteiger partial charge is 0.368 e. The molecule has 0 fully saturated rings. The molecule has 2 atom stereocenters. The maximum absolute atomic E-state index is 12.4. The van der Waals surface area contributed by atoms with Crippen molar-refractivity contribution in [3.8, 4) is 0 Å². The Kier molecular flexibility index (Phi) is 6.90. The van der Waals surface area contributed by atoms with Gasteiger partial charge in [-0.3, -0.25) is 14.4 Å². The highest BCUT2D eigenvalue weighted by atomic mass is 16.2. The first-order valence-electron chi connectivity index (χ1n) is 8.36. The highest BCUT2D eigenvalue weighted by molar-refractivity contribution is 5.91. The summed E-state index contributed by atoms with van der Waals surface area (Å²) < 4.78 is 0. The van der Waals surface area contributed by atoms with Crippen LogP contribution in [0.2, 0.25) is 0 Å². The number of nitrogens with zero attached hydrogens (tertiary/aromatic N) is 1. The van der Waals surface area contributed by atoms with E-state index in [1.807, 2.05) is 30.3 Å². The van der Waals surface area contributed by atoms with Gasteiger partial charge in [0.2, 0.25) is 17.7 Å². The van der Waals surface area contributed by atoms with E-state index in [0.717, 1.165) is 5.56 Å². The van der Waals surface area contributed by atoms with Gasteiger partial charge in [-0.1, -0.05) is 30.3 Å². The Balaban J connectivity index is 1.97. The minimum absolute atomic E-state index is 0.231. The van der Waals surface area contributed by atoms with Gasteiger partial charge in [-0.25, -0.2) is 4.98 Å². The quantitative estimate of drug-likeness (QED) is 0.505. The number of imidazole rings is 1. The van der Waals surface area contributed by atoms with Crippen molar-refractivity contribution in [3.05, 3.63) is 54.1 Å². The van der Waals surface area contributed by atoms with Gasteiger partial charge in [0.15, 0.2) is 0 Å². The number of nitrogens with one attached hydrogen (secondary N) is 3. The molecule has 0 unspecified atom stereocenters. The van der Waals surface area contributed by atoms with Crippen molar-refractivity contribution < 1.29 is 14.4 Å². The SMILES string of the molecule is C[C@H](NC(=O)[C@H](Cc1cnc[nH]1)NC(=O)CCc1ccccc1)C(N)=O. The first kappa shape index (κ1) is 19.2. The monoisotopic (exact) mass is 357 g/mol. The summed E-state index contributed by atoms with van der Waals surface area (Å²) >= 11 is 0. The Morgan fingerprint density at radius 2 is 1.92 bits per heavy atom. The molecule has 1 aromatic carbocycles. The van der Waals surface area contributed by atoms with Gasteiger partial charge >= 0.3 is 0 Å². The summed E-state index contributed by atoms with van der Waals surface area (Å²) in [6.07, 6.45) is 4.13. The van der Waals surface area contributed by atoms with Gasteiger partial charge in [-0.2, -0.15) is 0 Å². The van der Waals surface area contributed by atoms with Crippen molar-refractivity contribution in [2.45, 2.75) is 38.3 Å². The zero-order chi connectivity index (χ0) is 18.9. The molecule has 8 heteroatoms. The fourth-order valence-electron chi connectivity index (χ4n) is 2.38. The van der Waals surface area contributed by atoms with E-state index in [-0.39, 0.29) is 18.7 Å². The van der Waals surface area contributed by atoms with Crippen LogP contribution < -0.4 is 16.4 Å². The number of aromatic amines is 1. The van der Waals surface area contributed by atoms with Crippen LogP contribution in [-0.4, -0.2) is 39.8 Å². The molecule has 0 saturated carbocycles. The zero-order valence-corrected chi connectivity index (χ0v) is 14.6. The number of hydrogen-bond donors (Lipinski definition) is 4. The summed E-state index contributed by atoms with van der Waals surface area (Å²) in [5, 5.41) is 5.23. The van der Waals surface area contributed by atoms with Crippen LogP contribution in [0.1, 0.15) is 24.6 Å². The molecular formula is C18H23N5O3. The van der Waals surface area contributed by atoms with Gasteiger partial charge in [0, 0.05) is 24.7 Å². The highest BCUT2D eigenvalue weighted by Crippen LogP contribution is 2.04. The first-order chi connectivity index (χ1) is 12.5. The molecule has 0 radical (unpaired) electrons. The Bertz CT molecular complexity index is 731. The number of carbonyl (C=O) groups excluding carboxylic acids is 3. The first-order valence-corrected chi connectivity index (χ1v) is 8.36. The predicted molar refractivity (Wildman–Crippen MR) is 95.8 cm³/mol. The molecule has 2 aromatic rings. The van der Waals surface area contributed by atoms with E-state index in [2.05, 4.69) is 20.6 Å². The molecular weight excluding hydrogens is 334 g/mol. The maximum Gasteiger partial charge on any atom is 0.243 e. The second-order valence-electron chi connectivity index (χ2n) is 6.02. The number of amides is 3. The summed E-state index contributed by atoms with van der Waals surface area (Å²) in [5.74, 6) is -1.37. The number of nitrogens with two attached hydrogens (primary N) is 1. The van der Waals surface area contributed by atoms with Gasteiger partial charge in [-0.05, 0) is 18.9 Å². The number of H-pyrrole nitrogens is 1. The molecule has 0 spiro atoms. The van der Waals surface area contributed by atoms with E-state index in [0.29, 0.717) is 12.1 Å². The third-order valence-corrected chi connectivity index (χ3v) is 3.90. The molecule has 2 rings (SSSR count). The van der Waals surface area contributed by atoms with Crippen LogP contribution in [0.25, 0.3) is 0 Å². The van der Waals surface area contributed by atoms with Gasteiger partial charge in [0.25, 0.3) is 0 Å². The van der Waals surface area contributed by atoms with Crippen LogP contribution >= 0.6 is 0 Å². The Hall–Kier alpha value is -3.16. The zero-order valence-electron chi connectivity index (χ0n) is 14.6. The van der Waals surface area contributed by atoms with Crippen LogP contribution in [0, 0.1) is 0 Å². The number of rotatable bonds is 9. The van der Waals surface area contributed by atoms with Crippen LogP contribution in [0.4, 0.5) is 0 Å². The normalized spacial score (nSPS) is 12.8. The van der Waals surface area contributed by atoms with Crippen LogP contribution in [0.15, 0.2) is 42.9 Å². The van der Waals surface area contributed by atoms with E-state index >= 15 is 0 Å². The standard InChI is InChI=1S/C18H23N5O3/c1-12(17(19)25)22-18(26)15(9-14-10-20-11-21-14)23-16(24)8-7-13-5-3-2-4-6-13/h2-6,10-12,15H,7-9H2,1H3,(H2,19,25)(H,20,21)(H,22,26)(H,23,24)/t12-,15-/m0/s1. The van der Waals surface area contributed by atoms with Gasteiger partial charge in [0.05, 0.1) is 6.33 Å². The average molecular weight is 357 g/mol. The summed E-state index contributed by atoms with van der Waals surface area (Å²) in [6.45, 7) is 1.49. The van der Waals surface area contributed by atoms with Gasteiger partial charge in [0.1, 0.15) is 12.1 Å². The van der Waals surface area contributed by atoms with E-state index < -0.39 is 23.9 Å². The molecule has 0 aliphatic carbocycles. The molecule has 26 heavy (non-hydrogen) atoms. The van der Waals surface area contributed by atoms with Crippen molar-refractivity contribution in [3.63, 3.8) is 0 Å². The molecule has 3 amide bonds. The van der Waals surface area contributed by atoms with Gasteiger partial charge in [-0.15, -0.1) is 0 Å². The smallest absolute Gasteiger partial charge is 0.243 e. The van der Waals surface area contributed by atoms with E-state index in [4.69, 9.17) is 5.73 Å².